The van der Waals surface area contributed by atoms with Crippen molar-refractivity contribution in [2.45, 2.75) is 39.2 Å². The van der Waals surface area contributed by atoms with Crippen LogP contribution in [0.1, 0.15) is 38.2 Å². The highest BCUT2D eigenvalue weighted by Crippen LogP contribution is 2.19. The topological polar surface area (TPSA) is 44.8 Å². The van der Waals surface area contributed by atoms with Crippen molar-refractivity contribution in [2.24, 2.45) is 5.92 Å². The highest BCUT2D eigenvalue weighted by molar-refractivity contribution is 5.85. The van der Waals surface area contributed by atoms with Gasteiger partial charge in [0.15, 0.2) is 0 Å². The summed E-state index contributed by atoms with van der Waals surface area (Å²) in [5.74, 6) is 2.02. The third-order valence-corrected chi connectivity index (χ3v) is 5.59. The maximum absolute atomic E-state index is 12.5. The predicted molar refractivity (Wildman–Crippen MR) is 119 cm³/mol. The molecular formula is C21H35Cl2N3O2. The molecule has 1 aromatic rings. The molecule has 0 radical (unpaired) electrons. The Bertz CT molecular complexity index is 557. The summed E-state index contributed by atoms with van der Waals surface area (Å²) < 4.78 is 5.50. The minimum absolute atomic E-state index is 0. The van der Waals surface area contributed by atoms with Gasteiger partial charge in [0.25, 0.3) is 0 Å². The number of piperidine rings is 1. The highest BCUT2D eigenvalue weighted by Gasteiger charge is 2.22. The van der Waals surface area contributed by atoms with Crippen LogP contribution in [-0.4, -0.2) is 61.6 Å². The number of nitrogens with zero attached hydrogens (tertiary/aromatic N) is 2. The monoisotopic (exact) mass is 431 g/mol. The molecule has 2 fully saturated rings. The minimum Gasteiger partial charge on any atom is -0.494 e. The molecule has 5 nitrogen and oxygen atoms in total. The SMILES string of the molecule is CCOc1ccc(CN2CCN(C(=O)CCC3CCNCC3)CC2)cc1.Cl.Cl. The normalized spacial score (nSPS) is 18.1. The van der Waals surface area contributed by atoms with Crippen molar-refractivity contribution in [2.75, 3.05) is 45.9 Å². The molecule has 2 aliphatic rings. The predicted octanol–water partition coefficient (Wildman–Crippen LogP) is 3.35. The number of nitrogens with one attached hydrogen (secondary N) is 1. The second kappa shape index (κ2) is 13.3. The molecule has 0 atom stereocenters. The molecule has 3 rings (SSSR count). The Morgan fingerprint density at radius 1 is 1.07 bits per heavy atom. The Morgan fingerprint density at radius 3 is 2.32 bits per heavy atom. The van der Waals surface area contributed by atoms with Gasteiger partial charge in [-0.15, -0.1) is 24.8 Å². The molecule has 160 valence electrons. The smallest absolute Gasteiger partial charge is 0.222 e. The summed E-state index contributed by atoms with van der Waals surface area (Å²) in [5.41, 5.74) is 1.30. The van der Waals surface area contributed by atoms with Crippen molar-refractivity contribution < 1.29 is 9.53 Å². The fraction of sp³-hybridized carbons (Fsp3) is 0.667. The summed E-state index contributed by atoms with van der Waals surface area (Å²) >= 11 is 0. The fourth-order valence-corrected chi connectivity index (χ4v) is 3.93. The van der Waals surface area contributed by atoms with Gasteiger partial charge in [-0.3, -0.25) is 9.69 Å². The van der Waals surface area contributed by atoms with E-state index in [9.17, 15) is 4.79 Å². The standard InChI is InChI=1S/C21H33N3O2.2ClH/c1-2-26-20-6-3-19(4-7-20)17-23-13-15-24(16-14-23)21(25)8-5-18-9-11-22-12-10-18;;/h3-4,6-7,18,22H,2,5,8-17H2,1H3;2*1H. The first-order valence-electron chi connectivity index (χ1n) is 10.2. The zero-order valence-corrected chi connectivity index (χ0v) is 18.5. The number of piperazine rings is 1. The van der Waals surface area contributed by atoms with Gasteiger partial charge < -0.3 is 15.0 Å². The van der Waals surface area contributed by atoms with Crippen LogP contribution >= 0.6 is 24.8 Å². The van der Waals surface area contributed by atoms with Crippen molar-refractivity contribution in [3.63, 3.8) is 0 Å². The Hall–Kier alpha value is -1.01. The molecule has 1 aromatic carbocycles. The van der Waals surface area contributed by atoms with Crippen LogP contribution in [0.5, 0.6) is 5.75 Å². The number of amides is 1. The molecule has 2 saturated heterocycles. The van der Waals surface area contributed by atoms with Crippen molar-refractivity contribution in [3.8, 4) is 5.75 Å². The number of rotatable bonds is 7. The molecule has 0 aromatic heterocycles. The van der Waals surface area contributed by atoms with Gasteiger partial charge in [0, 0.05) is 39.1 Å². The zero-order valence-electron chi connectivity index (χ0n) is 16.9. The van der Waals surface area contributed by atoms with Gasteiger partial charge >= 0.3 is 0 Å². The van der Waals surface area contributed by atoms with Crippen LogP contribution < -0.4 is 10.1 Å². The van der Waals surface area contributed by atoms with E-state index in [1.54, 1.807) is 0 Å². The molecule has 28 heavy (non-hydrogen) atoms. The summed E-state index contributed by atoms with van der Waals surface area (Å²) in [4.78, 5) is 17.0. The number of carbonyl (C=O) groups is 1. The molecular weight excluding hydrogens is 397 g/mol. The molecule has 0 saturated carbocycles. The summed E-state index contributed by atoms with van der Waals surface area (Å²) in [5, 5.41) is 3.39. The Balaban J connectivity index is 0.00000196. The van der Waals surface area contributed by atoms with Crippen LogP contribution in [0.25, 0.3) is 0 Å². The number of halogens is 2. The molecule has 2 aliphatic heterocycles. The molecule has 1 amide bonds. The fourth-order valence-electron chi connectivity index (χ4n) is 3.93. The van der Waals surface area contributed by atoms with E-state index < -0.39 is 0 Å². The number of hydrogen-bond acceptors (Lipinski definition) is 4. The molecule has 0 aliphatic carbocycles. The van der Waals surface area contributed by atoms with E-state index in [4.69, 9.17) is 4.74 Å². The van der Waals surface area contributed by atoms with Gasteiger partial charge in [-0.2, -0.15) is 0 Å². The summed E-state index contributed by atoms with van der Waals surface area (Å²) in [6.07, 6.45) is 4.24. The first kappa shape index (κ1) is 25.0. The van der Waals surface area contributed by atoms with Crippen molar-refractivity contribution in [3.05, 3.63) is 29.8 Å². The van der Waals surface area contributed by atoms with Crippen LogP contribution in [0.2, 0.25) is 0 Å². The highest BCUT2D eigenvalue weighted by atomic mass is 35.5. The Morgan fingerprint density at radius 2 is 1.71 bits per heavy atom. The Kier molecular flexibility index (Phi) is 11.8. The number of hydrogen-bond donors (Lipinski definition) is 1. The summed E-state index contributed by atoms with van der Waals surface area (Å²) in [7, 11) is 0. The maximum atomic E-state index is 12.5. The van der Waals surface area contributed by atoms with Crippen molar-refractivity contribution in [1.82, 2.24) is 15.1 Å². The average molecular weight is 432 g/mol. The van der Waals surface area contributed by atoms with Crippen molar-refractivity contribution >= 4 is 30.7 Å². The van der Waals surface area contributed by atoms with Crippen LogP contribution in [0.15, 0.2) is 24.3 Å². The number of carbonyl (C=O) groups excluding carboxylic acids is 1. The first-order chi connectivity index (χ1) is 12.7. The molecule has 1 N–H and O–H groups in total. The van der Waals surface area contributed by atoms with Gasteiger partial charge in [0.2, 0.25) is 5.91 Å². The molecule has 0 bridgehead atoms. The Labute approximate surface area is 182 Å². The lowest BCUT2D eigenvalue weighted by atomic mass is 9.93. The van der Waals surface area contributed by atoms with Gasteiger partial charge in [-0.1, -0.05) is 12.1 Å². The molecule has 7 heteroatoms. The largest absolute Gasteiger partial charge is 0.494 e. The van der Waals surface area contributed by atoms with Crippen LogP contribution in [-0.2, 0) is 11.3 Å². The molecule has 0 spiro atoms. The van der Waals surface area contributed by atoms with Gasteiger partial charge in [0.05, 0.1) is 6.61 Å². The van der Waals surface area contributed by atoms with Crippen LogP contribution in [0.4, 0.5) is 0 Å². The van der Waals surface area contributed by atoms with Gasteiger partial charge in [0.1, 0.15) is 5.75 Å². The summed E-state index contributed by atoms with van der Waals surface area (Å²) in [6, 6.07) is 8.36. The maximum Gasteiger partial charge on any atom is 0.222 e. The third-order valence-electron chi connectivity index (χ3n) is 5.59. The number of ether oxygens (including phenoxy) is 1. The van der Waals surface area contributed by atoms with E-state index in [2.05, 4.69) is 27.2 Å². The van der Waals surface area contributed by atoms with Gasteiger partial charge in [-0.05, 0) is 62.9 Å². The number of benzene rings is 1. The molecule has 0 unspecified atom stereocenters. The van der Waals surface area contributed by atoms with Crippen LogP contribution in [0.3, 0.4) is 0 Å². The van der Waals surface area contributed by atoms with Crippen molar-refractivity contribution in [1.29, 1.82) is 0 Å². The minimum atomic E-state index is 0. The van der Waals surface area contributed by atoms with E-state index in [0.717, 1.165) is 70.3 Å². The van der Waals surface area contributed by atoms with E-state index in [1.807, 2.05) is 19.1 Å². The van der Waals surface area contributed by atoms with E-state index in [1.165, 1.54) is 18.4 Å². The second-order valence-electron chi connectivity index (χ2n) is 7.47. The van der Waals surface area contributed by atoms with Gasteiger partial charge in [-0.25, -0.2) is 0 Å². The van der Waals surface area contributed by atoms with E-state index in [0.29, 0.717) is 12.5 Å². The lowest BCUT2D eigenvalue weighted by molar-refractivity contribution is -0.133. The second-order valence-corrected chi connectivity index (χ2v) is 7.47. The average Bonchev–Trinajstić information content (AvgIpc) is 2.69. The lowest BCUT2D eigenvalue weighted by Crippen LogP contribution is -2.48. The lowest BCUT2D eigenvalue weighted by Gasteiger charge is -2.35. The zero-order chi connectivity index (χ0) is 18.2. The molecule has 2 heterocycles. The quantitative estimate of drug-likeness (QED) is 0.718. The van der Waals surface area contributed by atoms with E-state index in [-0.39, 0.29) is 24.8 Å². The van der Waals surface area contributed by atoms with Crippen LogP contribution in [0, 0.1) is 5.92 Å². The third kappa shape index (κ3) is 7.78. The summed E-state index contributed by atoms with van der Waals surface area (Å²) in [6.45, 7) is 9.53. The van der Waals surface area contributed by atoms with E-state index >= 15 is 0 Å². The first-order valence-corrected chi connectivity index (χ1v) is 10.2.